The maximum absolute atomic E-state index is 11.8. The maximum Gasteiger partial charge on any atom is 0.252 e. The molecule has 17 heavy (non-hydrogen) atoms. The van der Waals surface area contributed by atoms with Gasteiger partial charge in [0.15, 0.2) is 0 Å². The minimum Gasteiger partial charge on any atom is -0.362 e. The Morgan fingerprint density at radius 1 is 1.24 bits per heavy atom. The summed E-state index contributed by atoms with van der Waals surface area (Å²) in [5.41, 5.74) is 0.655. The van der Waals surface area contributed by atoms with Gasteiger partial charge in [0.25, 0.3) is 5.56 Å². The molecule has 5 heteroatoms. The van der Waals surface area contributed by atoms with Crippen LogP contribution in [-0.2, 0) is 0 Å². The smallest absolute Gasteiger partial charge is 0.252 e. The number of nitrogens with zero attached hydrogens (tertiary/aromatic N) is 4. The Labute approximate surface area is 99.7 Å². The van der Waals surface area contributed by atoms with Gasteiger partial charge in [-0.25, -0.2) is 9.97 Å². The average molecular weight is 232 g/mol. The SMILES string of the molecule is CC(C)n1c(=O)ccc2c(N(C)C)ncnc21. The van der Waals surface area contributed by atoms with Gasteiger partial charge in [0.2, 0.25) is 0 Å². The van der Waals surface area contributed by atoms with Gasteiger partial charge in [0.1, 0.15) is 17.8 Å². The molecule has 0 aliphatic carbocycles. The minimum atomic E-state index is -0.0316. The van der Waals surface area contributed by atoms with Crippen LogP contribution in [-0.4, -0.2) is 28.6 Å². The lowest BCUT2D eigenvalue weighted by molar-refractivity contribution is 0.595. The number of hydrogen-bond acceptors (Lipinski definition) is 4. The molecule has 0 aliphatic heterocycles. The van der Waals surface area contributed by atoms with E-state index in [9.17, 15) is 4.79 Å². The van der Waals surface area contributed by atoms with Crippen molar-refractivity contribution < 1.29 is 0 Å². The predicted octanol–water partition coefficient (Wildman–Crippen LogP) is 1.44. The molecule has 0 aromatic carbocycles. The van der Waals surface area contributed by atoms with Crippen LogP contribution >= 0.6 is 0 Å². The molecule has 2 rings (SSSR count). The summed E-state index contributed by atoms with van der Waals surface area (Å²) in [5.74, 6) is 0.824. The van der Waals surface area contributed by atoms with Crippen LogP contribution in [0, 0.1) is 0 Å². The molecule has 90 valence electrons. The number of hydrogen-bond donors (Lipinski definition) is 0. The summed E-state index contributed by atoms with van der Waals surface area (Å²) in [6, 6.07) is 3.43. The fraction of sp³-hybridized carbons (Fsp3) is 0.417. The van der Waals surface area contributed by atoms with Crippen molar-refractivity contribution in [2.45, 2.75) is 19.9 Å². The number of pyridine rings is 1. The summed E-state index contributed by atoms with van der Waals surface area (Å²) in [7, 11) is 3.85. The molecule has 0 saturated carbocycles. The van der Waals surface area contributed by atoms with Crippen molar-refractivity contribution in [3.05, 3.63) is 28.8 Å². The molecule has 0 aliphatic rings. The Morgan fingerprint density at radius 2 is 1.94 bits per heavy atom. The lowest BCUT2D eigenvalue weighted by Crippen LogP contribution is -2.23. The average Bonchev–Trinajstić information content (AvgIpc) is 2.26. The lowest BCUT2D eigenvalue weighted by atomic mass is 10.2. The fourth-order valence-electron chi connectivity index (χ4n) is 1.91. The second-order valence-corrected chi connectivity index (χ2v) is 4.46. The second kappa shape index (κ2) is 4.16. The zero-order valence-electron chi connectivity index (χ0n) is 10.5. The highest BCUT2D eigenvalue weighted by Gasteiger charge is 2.11. The molecule has 2 aromatic rings. The van der Waals surface area contributed by atoms with E-state index in [1.54, 1.807) is 16.7 Å². The van der Waals surface area contributed by atoms with Crippen LogP contribution in [0.15, 0.2) is 23.3 Å². The summed E-state index contributed by atoms with van der Waals surface area (Å²) in [6.45, 7) is 3.94. The number of aromatic nitrogens is 3. The number of rotatable bonds is 2. The van der Waals surface area contributed by atoms with E-state index >= 15 is 0 Å². The largest absolute Gasteiger partial charge is 0.362 e. The third-order valence-electron chi connectivity index (χ3n) is 2.64. The van der Waals surface area contributed by atoms with E-state index in [0.29, 0.717) is 5.65 Å². The molecule has 2 heterocycles. The third-order valence-corrected chi connectivity index (χ3v) is 2.64. The first-order valence-electron chi connectivity index (χ1n) is 5.56. The van der Waals surface area contributed by atoms with Crippen molar-refractivity contribution >= 4 is 16.9 Å². The molecule has 0 amide bonds. The van der Waals surface area contributed by atoms with E-state index in [4.69, 9.17) is 0 Å². The standard InChI is InChI=1S/C12H16N4O/c1-8(2)16-10(17)6-5-9-11(15(3)4)13-7-14-12(9)16/h5-8H,1-4H3. The Morgan fingerprint density at radius 3 is 2.53 bits per heavy atom. The van der Waals surface area contributed by atoms with E-state index in [0.717, 1.165) is 11.2 Å². The highest BCUT2D eigenvalue weighted by atomic mass is 16.1. The van der Waals surface area contributed by atoms with Crippen LogP contribution in [0.3, 0.4) is 0 Å². The van der Waals surface area contributed by atoms with Gasteiger partial charge in [-0.3, -0.25) is 9.36 Å². The Kier molecular flexibility index (Phi) is 2.83. The normalized spacial score (nSPS) is 11.1. The second-order valence-electron chi connectivity index (χ2n) is 4.46. The van der Waals surface area contributed by atoms with Gasteiger partial charge >= 0.3 is 0 Å². The summed E-state index contributed by atoms with van der Waals surface area (Å²) < 4.78 is 1.68. The summed E-state index contributed by atoms with van der Waals surface area (Å²) in [4.78, 5) is 22.2. The molecule has 0 N–H and O–H groups in total. The Hall–Kier alpha value is -1.91. The predicted molar refractivity (Wildman–Crippen MR) is 68.5 cm³/mol. The number of anilines is 1. The molecule has 0 bridgehead atoms. The zero-order valence-corrected chi connectivity index (χ0v) is 10.5. The maximum atomic E-state index is 11.8. The zero-order chi connectivity index (χ0) is 12.6. The van der Waals surface area contributed by atoms with Crippen LogP contribution in [0.5, 0.6) is 0 Å². The molecule has 2 aromatic heterocycles. The summed E-state index contributed by atoms with van der Waals surface area (Å²) in [5, 5.41) is 0.894. The van der Waals surface area contributed by atoms with Crippen molar-refractivity contribution in [2.75, 3.05) is 19.0 Å². The van der Waals surface area contributed by atoms with E-state index < -0.39 is 0 Å². The summed E-state index contributed by atoms with van der Waals surface area (Å²) in [6.07, 6.45) is 1.50. The first-order chi connectivity index (χ1) is 8.02. The van der Waals surface area contributed by atoms with Gasteiger partial charge in [-0.1, -0.05) is 0 Å². The summed E-state index contributed by atoms with van der Waals surface area (Å²) >= 11 is 0. The number of fused-ring (bicyclic) bond motifs is 1. The highest BCUT2D eigenvalue weighted by molar-refractivity contribution is 5.86. The Balaban J connectivity index is 2.88. The fourth-order valence-corrected chi connectivity index (χ4v) is 1.91. The monoisotopic (exact) mass is 232 g/mol. The van der Waals surface area contributed by atoms with Gasteiger partial charge in [0, 0.05) is 26.2 Å². The molecule has 0 saturated heterocycles. The van der Waals surface area contributed by atoms with Gasteiger partial charge < -0.3 is 4.90 Å². The van der Waals surface area contributed by atoms with Crippen LogP contribution in [0.25, 0.3) is 11.0 Å². The van der Waals surface area contributed by atoms with E-state index in [-0.39, 0.29) is 11.6 Å². The van der Waals surface area contributed by atoms with E-state index in [1.807, 2.05) is 32.8 Å². The van der Waals surface area contributed by atoms with Crippen LogP contribution < -0.4 is 10.5 Å². The van der Waals surface area contributed by atoms with Crippen LogP contribution in [0.1, 0.15) is 19.9 Å². The topological polar surface area (TPSA) is 51.0 Å². The van der Waals surface area contributed by atoms with E-state index in [1.165, 1.54) is 6.33 Å². The first kappa shape index (κ1) is 11.6. The van der Waals surface area contributed by atoms with Gasteiger partial charge in [-0.05, 0) is 19.9 Å². The molecule has 0 unspecified atom stereocenters. The highest BCUT2D eigenvalue weighted by Crippen LogP contribution is 2.21. The molecular formula is C12H16N4O. The molecule has 0 spiro atoms. The quantitative estimate of drug-likeness (QED) is 0.786. The van der Waals surface area contributed by atoms with Crippen LogP contribution in [0.4, 0.5) is 5.82 Å². The third kappa shape index (κ3) is 1.88. The van der Waals surface area contributed by atoms with Crippen molar-refractivity contribution in [3.8, 4) is 0 Å². The lowest BCUT2D eigenvalue weighted by Gasteiger charge is -2.17. The van der Waals surface area contributed by atoms with Gasteiger partial charge in [0.05, 0.1) is 5.39 Å². The van der Waals surface area contributed by atoms with Crippen molar-refractivity contribution in [2.24, 2.45) is 0 Å². The van der Waals surface area contributed by atoms with E-state index in [2.05, 4.69) is 9.97 Å². The Bertz CT molecular complexity index is 601. The molecule has 0 fully saturated rings. The molecule has 0 radical (unpaired) electrons. The van der Waals surface area contributed by atoms with Gasteiger partial charge in [-0.2, -0.15) is 0 Å². The van der Waals surface area contributed by atoms with Crippen molar-refractivity contribution in [1.29, 1.82) is 0 Å². The first-order valence-corrected chi connectivity index (χ1v) is 5.56. The van der Waals surface area contributed by atoms with Crippen LogP contribution in [0.2, 0.25) is 0 Å². The van der Waals surface area contributed by atoms with Crippen molar-refractivity contribution in [3.63, 3.8) is 0 Å². The van der Waals surface area contributed by atoms with Crippen molar-refractivity contribution in [1.82, 2.24) is 14.5 Å². The molecular weight excluding hydrogens is 216 g/mol. The van der Waals surface area contributed by atoms with Gasteiger partial charge in [-0.15, -0.1) is 0 Å². The molecule has 5 nitrogen and oxygen atoms in total. The molecule has 0 atom stereocenters. The minimum absolute atomic E-state index is 0.0316.